The summed E-state index contributed by atoms with van der Waals surface area (Å²) in [5, 5.41) is 12.1. The van der Waals surface area contributed by atoms with Crippen LogP contribution in [0.1, 0.15) is 32.1 Å². The zero-order chi connectivity index (χ0) is 10.1. The Bertz CT molecular complexity index is 124. The highest BCUT2D eigenvalue weighted by molar-refractivity contribution is 4.65. The van der Waals surface area contributed by atoms with E-state index < -0.39 is 0 Å². The van der Waals surface area contributed by atoms with Crippen molar-refractivity contribution in [3.63, 3.8) is 0 Å². The number of hydrogen-bond donors (Lipinski definition) is 2. The van der Waals surface area contributed by atoms with Gasteiger partial charge in [-0.2, -0.15) is 0 Å². The first-order valence-corrected chi connectivity index (χ1v) is 5.83. The van der Waals surface area contributed by atoms with Crippen LogP contribution in [-0.4, -0.2) is 38.0 Å². The molecule has 3 nitrogen and oxygen atoms in total. The van der Waals surface area contributed by atoms with E-state index in [4.69, 9.17) is 9.84 Å². The van der Waals surface area contributed by atoms with Gasteiger partial charge >= 0.3 is 0 Å². The molecule has 1 fully saturated rings. The molecule has 0 bridgehead atoms. The highest BCUT2D eigenvalue weighted by atomic mass is 16.5. The van der Waals surface area contributed by atoms with Gasteiger partial charge in [0.25, 0.3) is 0 Å². The SMILES string of the molecule is OCCCCCNCC1CCOCC1. The molecule has 0 aromatic heterocycles. The molecule has 0 aromatic rings. The first kappa shape index (κ1) is 12.0. The second-order valence-electron chi connectivity index (χ2n) is 4.04. The number of hydrogen-bond acceptors (Lipinski definition) is 3. The quantitative estimate of drug-likeness (QED) is 0.607. The Morgan fingerprint density at radius 2 is 1.93 bits per heavy atom. The average Bonchev–Trinajstić information content (AvgIpc) is 2.25. The number of aliphatic hydroxyl groups excluding tert-OH is 1. The smallest absolute Gasteiger partial charge is 0.0469 e. The molecule has 0 radical (unpaired) electrons. The van der Waals surface area contributed by atoms with Crippen LogP contribution in [0.25, 0.3) is 0 Å². The number of unbranched alkanes of at least 4 members (excludes halogenated alkanes) is 2. The zero-order valence-electron chi connectivity index (χ0n) is 9.00. The Morgan fingerprint density at radius 1 is 1.14 bits per heavy atom. The van der Waals surface area contributed by atoms with Gasteiger partial charge in [0.2, 0.25) is 0 Å². The molecule has 2 N–H and O–H groups in total. The van der Waals surface area contributed by atoms with Crippen LogP contribution in [0.4, 0.5) is 0 Å². The van der Waals surface area contributed by atoms with E-state index in [0.717, 1.165) is 45.1 Å². The molecule has 1 rings (SSSR count). The molecule has 0 atom stereocenters. The number of rotatable bonds is 7. The first-order valence-electron chi connectivity index (χ1n) is 5.83. The molecule has 14 heavy (non-hydrogen) atoms. The predicted octanol–water partition coefficient (Wildman–Crippen LogP) is 1.17. The molecule has 0 spiro atoms. The van der Waals surface area contributed by atoms with E-state index in [9.17, 15) is 0 Å². The number of nitrogens with one attached hydrogen (secondary N) is 1. The van der Waals surface area contributed by atoms with Crippen LogP contribution in [0.5, 0.6) is 0 Å². The van der Waals surface area contributed by atoms with Crippen molar-refractivity contribution in [2.45, 2.75) is 32.1 Å². The molecule has 0 aromatic carbocycles. The van der Waals surface area contributed by atoms with E-state index in [2.05, 4.69) is 5.32 Å². The van der Waals surface area contributed by atoms with E-state index in [1.165, 1.54) is 19.3 Å². The van der Waals surface area contributed by atoms with E-state index in [1.54, 1.807) is 0 Å². The highest BCUT2D eigenvalue weighted by Gasteiger charge is 2.12. The summed E-state index contributed by atoms with van der Waals surface area (Å²) in [6.45, 7) is 4.45. The topological polar surface area (TPSA) is 41.5 Å². The van der Waals surface area contributed by atoms with Crippen LogP contribution in [-0.2, 0) is 4.74 Å². The average molecular weight is 201 g/mol. The number of ether oxygens (including phenoxy) is 1. The van der Waals surface area contributed by atoms with Crippen molar-refractivity contribution >= 4 is 0 Å². The Hall–Kier alpha value is -0.120. The lowest BCUT2D eigenvalue weighted by Crippen LogP contribution is -2.28. The third-order valence-corrected chi connectivity index (χ3v) is 2.79. The minimum absolute atomic E-state index is 0.333. The van der Waals surface area contributed by atoms with Crippen LogP contribution >= 0.6 is 0 Å². The van der Waals surface area contributed by atoms with Crippen molar-refractivity contribution in [2.24, 2.45) is 5.92 Å². The van der Waals surface area contributed by atoms with Gasteiger partial charge in [0.15, 0.2) is 0 Å². The summed E-state index contributed by atoms with van der Waals surface area (Å²) in [5.41, 5.74) is 0. The monoisotopic (exact) mass is 201 g/mol. The van der Waals surface area contributed by atoms with Gasteiger partial charge in [-0.1, -0.05) is 0 Å². The Balaban J connectivity index is 1.82. The molecule has 0 unspecified atom stereocenters. The van der Waals surface area contributed by atoms with Gasteiger partial charge in [-0.3, -0.25) is 0 Å². The van der Waals surface area contributed by atoms with E-state index in [0.29, 0.717) is 6.61 Å². The fourth-order valence-electron chi connectivity index (χ4n) is 1.80. The number of aliphatic hydroxyl groups is 1. The largest absolute Gasteiger partial charge is 0.396 e. The second kappa shape index (κ2) is 8.21. The van der Waals surface area contributed by atoms with Crippen LogP contribution in [0, 0.1) is 5.92 Å². The predicted molar refractivity (Wildman–Crippen MR) is 57.3 cm³/mol. The van der Waals surface area contributed by atoms with E-state index in [1.807, 2.05) is 0 Å². The van der Waals surface area contributed by atoms with Crippen molar-refractivity contribution in [2.75, 3.05) is 32.9 Å². The van der Waals surface area contributed by atoms with Gasteiger partial charge in [-0.25, -0.2) is 0 Å². The minimum atomic E-state index is 0.333. The lowest BCUT2D eigenvalue weighted by Gasteiger charge is -2.22. The van der Waals surface area contributed by atoms with Gasteiger partial charge < -0.3 is 15.2 Å². The van der Waals surface area contributed by atoms with Crippen LogP contribution in [0.15, 0.2) is 0 Å². The van der Waals surface area contributed by atoms with Crippen molar-refractivity contribution in [3.05, 3.63) is 0 Å². The molecular weight excluding hydrogens is 178 g/mol. The van der Waals surface area contributed by atoms with Gasteiger partial charge in [-0.05, 0) is 51.1 Å². The maximum absolute atomic E-state index is 8.59. The maximum atomic E-state index is 8.59. The first-order chi connectivity index (χ1) is 6.93. The molecule has 1 aliphatic heterocycles. The summed E-state index contributed by atoms with van der Waals surface area (Å²) in [4.78, 5) is 0. The summed E-state index contributed by atoms with van der Waals surface area (Å²) < 4.78 is 5.30. The second-order valence-corrected chi connectivity index (χ2v) is 4.04. The van der Waals surface area contributed by atoms with Gasteiger partial charge in [-0.15, -0.1) is 0 Å². The van der Waals surface area contributed by atoms with Crippen molar-refractivity contribution in [3.8, 4) is 0 Å². The fraction of sp³-hybridized carbons (Fsp3) is 1.00. The normalized spacial score (nSPS) is 18.6. The van der Waals surface area contributed by atoms with Crippen LogP contribution in [0.3, 0.4) is 0 Å². The van der Waals surface area contributed by atoms with E-state index in [-0.39, 0.29) is 0 Å². The summed E-state index contributed by atoms with van der Waals surface area (Å²) in [6.07, 6.45) is 5.69. The lowest BCUT2D eigenvalue weighted by atomic mass is 10.0. The minimum Gasteiger partial charge on any atom is -0.396 e. The van der Waals surface area contributed by atoms with Crippen molar-refractivity contribution in [1.29, 1.82) is 0 Å². The molecule has 84 valence electrons. The Kier molecular flexibility index (Phi) is 7.01. The molecule has 0 aliphatic carbocycles. The van der Waals surface area contributed by atoms with Crippen LogP contribution in [0.2, 0.25) is 0 Å². The molecule has 1 aliphatic rings. The van der Waals surface area contributed by atoms with Gasteiger partial charge in [0, 0.05) is 19.8 Å². The highest BCUT2D eigenvalue weighted by Crippen LogP contribution is 2.12. The molecule has 1 saturated heterocycles. The maximum Gasteiger partial charge on any atom is 0.0469 e. The summed E-state index contributed by atoms with van der Waals surface area (Å²) >= 11 is 0. The zero-order valence-corrected chi connectivity index (χ0v) is 9.00. The summed E-state index contributed by atoms with van der Waals surface area (Å²) in [7, 11) is 0. The standard InChI is InChI=1S/C11H23NO2/c13-7-3-1-2-6-12-10-11-4-8-14-9-5-11/h11-13H,1-10H2. The summed E-state index contributed by atoms with van der Waals surface area (Å²) in [5.74, 6) is 0.821. The molecule has 0 amide bonds. The molecular formula is C11H23NO2. The lowest BCUT2D eigenvalue weighted by molar-refractivity contribution is 0.0663. The van der Waals surface area contributed by atoms with Gasteiger partial charge in [0.1, 0.15) is 0 Å². The van der Waals surface area contributed by atoms with Gasteiger partial charge in [0.05, 0.1) is 0 Å². The Labute approximate surface area is 86.8 Å². The van der Waals surface area contributed by atoms with Crippen molar-refractivity contribution < 1.29 is 9.84 Å². The molecule has 3 heteroatoms. The Morgan fingerprint density at radius 3 is 2.64 bits per heavy atom. The molecule has 1 heterocycles. The fourth-order valence-corrected chi connectivity index (χ4v) is 1.80. The van der Waals surface area contributed by atoms with E-state index >= 15 is 0 Å². The molecule has 0 saturated carbocycles. The third-order valence-electron chi connectivity index (χ3n) is 2.79. The summed E-state index contributed by atoms with van der Waals surface area (Å²) in [6, 6.07) is 0. The van der Waals surface area contributed by atoms with Crippen LogP contribution < -0.4 is 5.32 Å². The van der Waals surface area contributed by atoms with Crippen molar-refractivity contribution in [1.82, 2.24) is 5.32 Å². The third kappa shape index (κ3) is 5.58.